The Bertz CT molecular complexity index is 2160. The van der Waals surface area contributed by atoms with Crippen molar-refractivity contribution in [3.8, 4) is 43.1 Å². The molecule has 2 nitrogen and oxygen atoms in total. The van der Waals surface area contributed by atoms with Gasteiger partial charge in [0, 0.05) is 31.9 Å². The van der Waals surface area contributed by atoms with Crippen molar-refractivity contribution in [2.75, 3.05) is 0 Å². The highest BCUT2D eigenvalue weighted by molar-refractivity contribution is 7.19. The van der Waals surface area contributed by atoms with Gasteiger partial charge in [0.15, 0.2) is 0 Å². The third-order valence-corrected chi connectivity index (χ3v) is 14.1. The number of benzene rings is 4. The van der Waals surface area contributed by atoms with E-state index in [2.05, 4.69) is 100 Å². The number of fused-ring (bicyclic) bond motifs is 4. The number of thiophene rings is 1. The molecule has 0 aliphatic heterocycles. The molecule has 0 saturated carbocycles. The fourth-order valence-corrected chi connectivity index (χ4v) is 10.9. The molecule has 0 bridgehead atoms. The van der Waals surface area contributed by atoms with E-state index in [1.165, 1.54) is 129 Å². The first-order chi connectivity index (χ1) is 27.0. The third-order valence-electron chi connectivity index (χ3n) is 12.5. The number of hydrogen-bond acceptors (Lipinski definition) is 4. The van der Waals surface area contributed by atoms with Gasteiger partial charge in [-0.2, -0.15) is 8.75 Å². The van der Waals surface area contributed by atoms with Crippen molar-refractivity contribution in [2.24, 2.45) is 5.92 Å². The van der Waals surface area contributed by atoms with Crippen LogP contribution in [0.3, 0.4) is 0 Å². The van der Waals surface area contributed by atoms with E-state index in [1.807, 2.05) is 6.07 Å². The normalized spacial score (nSPS) is 13.7. The van der Waals surface area contributed by atoms with Crippen LogP contribution in [0.1, 0.15) is 141 Å². The molecule has 7 rings (SSSR count). The summed E-state index contributed by atoms with van der Waals surface area (Å²) >= 11 is 2.92. The molecule has 1 unspecified atom stereocenters. The first-order valence-electron chi connectivity index (χ1n) is 21.4. The maximum atomic E-state index is 15.6. The molecule has 6 aromatic rings. The molecular weight excluding hydrogens is 712 g/mol. The predicted octanol–water partition coefficient (Wildman–Crippen LogP) is 16.2. The van der Waals surface area contributed by atoms with E-state index in [-0.39, 0.29) is 11.2 Å². The maximum absolute atomic E-state index is 15.6. The Labute approximate surface area is 338 Å². The molecule has 5 heteroatoms. The molecule has 0 fully saturated rings. The van der Waals surface area contributed by atoms with Gasteiger partial charge in [-0.25, -0.2) is 4.39 Å². The first-order valence-corrected chi connectivity index (χ1v) is 22.9. The molecule has 1 atom stereocenters. The summed E-state index contributed by atoms with van der Waals surface area (Å²) in [5.74, 6) is 0.592. The van der Waals surface area contributed by atoms with Gasteiger partial charge in [0.2, 0.25) is 0 Å². The van der Waals surface area contributed by atoms with Gasteiger partial charge in [-0.15, -0.1) is 11.3 Å². The summed E-state index contributed by atoms with van der Waals surface area (Å²) in [6.07, 6.45) is 19.6. The van der Waals surface area contributed by atoms with Crippen LogP contribution in [-0.2, 0) is 11.8 Å². The lowest BCUT2D eigenvalue weighted by Gasteiger charge is -2.33. The lowest BCUT2D eigenvalue weighted by molar-refractivity contribution is 0.401. The summed E-state index contributed by atoms with van der Waals surface area (Å²) in [7, 11) is 0. The van der Waals surface area contributed by atoms with Crippen LogP contribution in [-0.4, -0.2) is 8.75 Å². The summed E-state index contributed by atoms with van der Waals surface area (Å²) < 4.78 is 25.4. The van der Waals surface area contributed by atoms with Crippen LogP contribution in [0.5, 0.6) is 0 Å². The van der Waals surface area contributed by atoms with Crippen LogP contribution >= 0.6 is 23.1 Å². The molecule has 4 aromatic carbocycles. The van der Waals surface area contributed by atoms with Crippen molar-refractivity contribution in [3.05, 3.63) is 107 Å². The van der Waals surface area contributed by atoms with Crippen molar-refractivity contribution in [2.45, 2.75) is 136 Å². The van der Waals surface area contributed by atoms with Crippen LogP contribution in [0.25, 0.3) is 54.2 Å². The van der Waals surface area contributed by atoms with Gasteiger partial charge in [-0.05, 0) is 89.2 Å². The standard InChI is InChI=1S/C50H59FN2S2/c1-5-9-12-16-31-50(32-17-13-10-6-2)43-20-15-14-19-39(43)40-26-24-37(34-44(40)50)38-27-28-42(49-48(38)52-55-53-49)47-30-29-46(54-47)41-25-23-36(33-45(41)51)22-21-35(8-4)18-11-7-3/h14-15,19-20,23-30,33-35H,5-13,16-18,21-22,31-32H2,1-4H3. The molecule has 0 saturated heterocycles. The Morgan fingerprint density at radius 3 is 1.93 bits per heavy atom. The second kappa shape index (κ2) is 18.5. The fraction of sp³-hybridized carbons (Fsp3) is 0.440. The van der Waals surface area contributed by atoms with Gasteiger partial charge < -0.3 is 0 Å². The summed E-state index contributed by atoms with van der Waals surface area (Å²) in [5.41, 5.74) is 12.9. The van der Waals surface area contributed by atoms with Crippen LogP contribution in [0.15, 0.2) is 84.9 Å². The lowest BCUT2D eigenvalue weighted by Crippen LogP contribution is -2.25. The molecular formula is C50H59FN2S2. The minimum atomic E-state index is -0.131. The van der Waals surface area contributed by atoms with Gasteiger partial charge in [0.05, 0.1) is 11.7 Å². The van der Waals surface area contributed by atoms with Crippen molar-refractivity contribution in [1.29, 1.82) is 0 Å². The molecule has 0 N–H and O–H groups in total. The number of nitrogens with zero attached hydrogens (tertiary/aromatic N) is 2. The Hall–Kier alpha value is -3.67. The van der Waals surface area contributed by atoms with E-state index >= 15 is 4.39 Å². The topological polar surface area (TPSA) is 25.8 Å². The number of rotatable bonds is 20. The molecule has 2 aromatic heterocycles. The van der Waals surface area contributed by atoms with Crippen molar-refractivity contribution in [1.82, 2.24) is 8.75 Å². The molecule has 1 aliphatic rings. The van der Waals surface area contributed by atoms with Crippen LogP contribution < -0.4 is 0 Å². The zero-order chi connectivity index (χ0) is 38.2. The SMILES string of the molecule is CCCCCCC1(CCCCCC)c2ccccc2-c2ccc(-c3ccc(-c4ccc(-c5ccc(CCC(CC)CCCC)cc5F)s4)c4nsnc34)cc21. The zero-order valence-electron chi connectivity index (χ0n) is 33.6. The van der Waals surface area contributed by atoms with E-state index in [0.29, 0.717) is 5.56 Å². The summed E-state index contributed by atoms with van der Waals surface area (Å²) in [5, 5.41) is 0. The highest BCUT2D eigenvalue weighted by Crippen LogP contribution is 2.55. The second-order valence-corrected chi connectivity index (χ2v) is 17.7. The summed E-state index contributed by atoms with van der Waals surface area (Å²) in [6, 6.07) is 30.9. The molecule has 288 valence electrons. The van der Waals surface area contributed by atoms with Crippen LogP contribution in [0.2, 0.25) is 0 Å². The highest BCUT2D eigenvalue weighted by atomic mass is 32.1. The first kappa shape index (κ1) is 39.6. The fourth-order valence-electron chi connectivity index (χ4n) is 9.25. The van der Waals surface area contributed by atoms with E-state index < -0.39 is 0 Å². The average Bonchev–Trinajstić information content (AvgIpc) is 3.96. The zero-order valence-corrected chi connectivity index (χ0v) is 35.2. The third kappa shape index (κ3) is 8.40. The number of aromatic nitrogens is 2. The molecule has 0 spiro atoms. The molecule has 2 heterocycles. The van der Waals surface area contributed by atoms with E-state index in [4.69, 9.17) is 8.75 Å². The monoisotopic (exact) mass is 770 g/mol. The van der Waals surface area contributed by atoms with E-state index in [1.54, 1.807) is 17.4 Å². The lowest BCUT2D eigenvalue weighted by atomic mass is 9.70. The quantitative estimate of drug-likeness (QED) is 0.0723. The van der Waals surface area contributed by atoms with Crippen molar-refractivity contribution in [3.63, 3.8) is 0 Å². The molecule has 55 heavy (non-hydrogen) atoms. The van der Waals surface area contributed by atoms with Gasteiger partial charge >= 0.3 is 0 Å². The molecule has 0 amide bonds. The smallest absolute Gasteiger partial charge is 0.132 e. The van der Waals surface area contributed by atoms with Gasteiger partial charge in [-0.1, -0.05) is 165 Å². The number of hydrogen-bond donors (Lipinski definition) is 0. The van der Waals surface area contributed by atoms with Crippen LogP contribution in [0.4, 0.5) is 4.39 Å². The number of unbranched alkanes of at least 4 members (excludes halogenated alkanes) is 7. The minimum absolute atomic E-state index is 0.0379. The van der Waals surface area contributed by atoms with Crippen LogP contribution in [0, 0.1) is 11.7 Å². The van der Waals surface area contributed by atoms with Crippen molar-refractivity contribution >= 4 is 34.1 Å². The van der Waals surface area contributed by atoms with E-state index in [9.17, 15) is 0 Å². The maximum Gasteiger partial charge on any atom is 0.132 e. The van der Waals surface area contributed by atoms with Crippen molar-refractivity contribution < 1.29 is 4.39 Å². The van der Waals surface area contributed by atoms with Gasteiger partial charge in [0.1, 0.15) is 16.9 Å². The predicted molar refractivity (Wildman–Crippen MR) is 237 cm³/mol. The number of aryl methyl sites for hydroxylation is 1. The Kier molecular flexibility index (Phi) is 13.3. The molecule has 1 aliphatic carbocycles. The summed E-state index contributed by atoms with van der Waals surface area (Å²) in [6.45, 7) is 9.15. The van der Waals surface area contributed by atoms with Gasteiger partial charge in [0.25, 0.3) is 0 Å². The second-order valence-electron chi connectivity index (χ2n) is 16.1. The molecule has 0 radical (unpaired) electrons. The summed E-state index contributed by atoms with van der Waals surface area (Å²) in [4.78, 5) is 2.04. The van der Waals surface area contributed by atoms with E-state index in [0.717, 1.165) is 56.2 Å². The average molecular weight is 771 g/mol. The highest BCUT2D eigenvalue weighted by Gasteiger charge is 2.42. The number of halogens is 1. The van der Waals surface area contributed by atoms with Gasteiger partial charge in [-0.3, -0.25) is 0 Å². The minimum Gasteiger partial charge on any atom is -0.206 e. The largest absolute Gasteiger partial charge is 0.206 e. The Morgan fingerprint density at radius 2 is 1.22 bits per heavy atom. The Morgan fingerprint density at radius 1 is 0.582 bits per heavy atom. The Balaban J connectivity index is 1.18.